The van der Waals surface area contributed by atoms with Crippen LogP contribution in [-0.2, 0) is 22.4 Å². The third-order valence-corrected chi connectivity index (χ3v) is 10.1. The van der Waals surface area contributed by atoms with Crippen molar-refractivity contribution in [3.05, 3.63) is 60.5 Å². The highest BCUT2D eigenvalue weighted by Crippen LogP contribution is 2.31. The minimum absolute atomic E-state index is 0.0349. The van der Waals surface area contributed by atoms with Crippen molar-refractivity contribution in [1.29, 1.82) is 0 Å². The fourth-order valence-corrected chi connectivity index (χ4v) is 7.19. The minimum atomic E-state index is -0.898. The van der Waals surface area contributed by atoms with Crippen LogP contribution >= 0.6 is 0 Å². The molecule has 270 valence electrons. The number of rotatable bonds is 18. The second kappa shape index (κ2) is 18.2. The van der Waals surface area contributed by atoms with Crippen LogP contribution in [0.3, 0.4) is 0 Å². The molecule has 4 heterocycles. The van der Waals surface area contributed by atoms with Crippen molar-refractivity contribution in [2.45, 2.75) is 123 Å². The van der Waals surface area contributed by atoms with Gasteiger partial charge in [-0.05, 0) is 49.7 Å². The average Bonchev–Trinajstić information content (AvgIpc) is 3.80. The molecule has 0 bridgehead atoms. The standard InChI is InChI=1S/C38H55N9O3/c1-5-7-17-41-37(49)29(25(3)4)20-34(48)32(18-26-13-9-8-10-14-26)44-38(50)30(19-28-22-40-24-42-28)35-45-46-36-31(12-6-2)43-33(23-47(35)36)27-15-11-16-39-21-27/h11,15-16,21-26,29-30,32,34,48H,5-10,12-14,17-20H2,1-4H3,(H,40,42)(H,41,49)(H,44,50)/t29-,30?,32-,34-/m0/s1. The van der Waals surface area contributed by atoms with Crippen LogP contribution in [0.1, 0.15) is 115 Å². The number of imidazole rings is 1. The number of unbranched alkanes of at least 4 members (excludes halogenated alkanes) is 1. The normalized spacial score (nSPS) is 16.3. The number of amides is 2. The quantitative estimate of drug-likeness (QED) is 0.0987. The topological polar surface area (TPSA) is 163 Å². The van der Waals surface area contributed by atoms with E-state index in [9.17, 15) is 14.7 Å². The first-order valence-corrected chi connectivity index (χ1v) is 18.7. The molecular formula is C38H55N9O3. The number of carbonyl (C=O) groups excluding carboxylic acids is 2. The van der Waals surface area contributed by atoms with Crippen molar-refractivity contribution >= 4 is 17.5 Å². The van der Waals surface area contributed by atoms with Gasteiger partial charge in [0.15, 0.2) is 5.65 Å². The van der Waals surface area contributed by atoms with Gasteiger partial charge in [0.05, 0.1) is 29.9 Å². The zero-order valence-corrected chi connectivity index (χ0v) is 30.1. The minimum Gasteiger partial charge on any atom is -0.391 e. The number of hydrogen-bond acceptors (Lipinski definition) is 8. The van der Waals surface area contributed by atoms with Gasteiger partial charge in [-0.15, -0.1) is 10.2 Å². The van der Waals surface area contributed by atoms with Crippen LogP contribution in [0.15, 0.2) is 43.2 Å². The number of nitrogens with zero attached hydrogens (tertiary/aromatic N) is 6. The van der Waals surface area contributed by atoms with E-state index in [1.54, 1.807) is 24.9 Å². The molecule has 1 aliphatic rings. The molecule has 2 amide bonds. The lowest BCUT2D eigenvalue weighted by Gasteiger charge is -2.33. The van der Waals surface area contributed by atoms with Gasteiger partial charge in [0.25, 0.3) is 0 Å². The molecule has 4 N–H and O–H groups in total. The lowest BCUT2D eigenvalue weighted by atomic mass is 9.81. The predicted octanol–water partition coefficient (Wildman–Crippen LogP) is 5.58. The number of fused-ring (bicyclic) bond motifs is 1. The van der Waals surface area contributed by atoms with Gasteiger partial charge < -0.3 is 20.7 Å². The van der Waals surface area contributed by atoms with E-state index in [0.29, 0.717) is 43.2 Å². The maximum Gasteiger partial charge on any atom is 0.231 e. The van der Waals surface area contributed by atoms with Crippen LogP contribution in [0.4, 0.5) is 0 Å². The summed E-state index contributed by atoms with van der Waals surface area (Å²) in [5, 5.41) is 27.4. The molecule has 0 spiro atoms. The molecule has 12 heteroatoms. The fourth-order valence-electron chi connectivity index (χ4n) is 7.19. The van der Waals surface area contributed by atoms with E-state index in [1.807, 2.05) is 36.6 Å². The Hall–Kier alpha value is -4.19. The zero-order valence-electron chi connectivity index (χ0n) is 30.1. The van der Waals surface area contributed by atoms with Crippen LogP contribution in [0.25, 0.3) is 16.9 Å². The summed E-state index contributed by atoms with van der Waals surface area (Å²) in [6, 6.07) is 3.31. The molecule has 5 rings (SSSR count). The van der Waals surface area contributed by atoms with Crippen molar-refractivity contribution in [2.24, 2.45) is 17.8 Å². The lowest BCUT2D eigenvalue weighted by Crippen LogP contribution is -2.49. The smallest absolute Gasteiger partial charge is 0.231 e. The molecule has 1 fully saturated rings. The summed E-state index contributed by atoms with van der Waals surface area (Å²) in [7, 11) is 0. The van der Waals surface area contributed by atoms with E-state index >= 15 is 0 Å². The molecule has 1 aliphatic carbocycles. The summed E-state index contributed by atoms with van der Waals surface area (Å²) in [6.45, 7) is 8.85. The number of hydrogen-bond donors (Lipinski definition) is 4. The van der Waals surface area contributed by atoms with Crippen LogP contribution in [0.5, 0.6) is 0 Å². The molecule has 0 radical (unpaired) electrons. The fraction of sp³-hybridized carbons (Fsp3) is 0.605. The van der Waals surface area contributed by atoms with Crippen LogP contribution in [0, 0.1) is 17.8 Å². The lowest BCUT2D eigenvalue weighted by molar-refractivity contribution is -0.128. The summed E-state index contributed by atoms with van der Waals surface area (Å²) >= 11 is 0. The van der Waals surface area contributed by atoms with E-state index in [-0.39, 0.29) is 30.1 Å². The van der Waals surface area contributed by atoms with E-state index in [2.05, 4.69) is 49.6 Å². The monoisotopic (exact) mass is 685 g/mol. The summed E-state index contributed by atoms with van der Waals surface area (Å²) in [5.41, 5.74) is 3.78. The molecule has 1 unspecified atom stereocenters. The molecule has 50 heavy (non-hydrogen) atoms. The molecule has 0 saturated heterocycles. The molecule has 4 aromatic rings. The number of nitrogens with one attached hydrogen (secondary N) is 3. The van der Waals surface area contributed by atoms with Crippen molar-refractivity contribution < 1.29 is 14.7 Å². The van der Waals surface area contributed by atoms with E-state index < -0.39 is 18.1 Å². The van der Waals surface area contributed by atoms with Crippen LogP contribution < -0.4 is 10.6 Å². The first-order valence-electron chi connectivity index (χ1n) is 18.7. The van der Waals surface area contributed by atoms with Gasteiger partial charge in [0.2, 0.25) is 11.8 Å². The number of aromatic nitrogens is 7. The largest absolute Gasteiger partial charge is 0.391 e. The Kier molecular flexibility index (Phi) is 13.5. The van der Waals surface area contributed by atoms with Gasteiger partial charge in [-0.2, -0.15) is 0 Å². The first kappa shape index (κ1) is 37.1. The van der Waals surface area contributed by atoms with Gasteiger partial charge in [0, 0.05) is 54.9 Å². The predicted molar refractivity (Wildman–Crippen MR) is 193 cm³/mol. The highest BCUT2D eigenvalue weighted by atomic mass is 16.3. The highest BCUT2D eigenvalue weighted by Gasteiger charge is 2.35. The number of aliphatic hydroxyl groups is 1. The van der Waals surface area contributed by atoms with Gasteiger partial charge >= 0.3 is 0 Å². The van der Waals surface area contributed by atoms with E-state index in [4.69, 9.17) is 4.98 Å². The number of aryl methyl sites for hydroxylation is 1. The van der Waals surface area contributed by atoms with Crippen LogP contribution in [-0.4, -0.2) is 70.1 Å². The molecule has 12 nitrogen and oxygen atoms in total. The van der Waals surface area contributed by atoms with Crippen molar-refractivity contribution in [1.82, 2.24) is 45.2 Å². The Bertz CT molecular complexity index is 1630. The van der Waals surface area contributed by atoms with Crippen molar-refractivity contribution in [3.8, 4) is 11.3 Å². The SMILES string of the molecule is CCCCNC(=O)[C@@H](C[C@H](O)[C@H](CC1CCCCC1)NC(=O)C(Cc1cnc[nH]1)c1nnc2c(CCC)nc(-c3cccnc3)cn12)C(C)C. The average molecular weight is 686 g/mol. The Morgan fingerprint density at radius 3 is 2.56 bits per heavy atom. The van der Waals surface area contributed by atoms with E-state index in [1.165, 1.54) is 6.42 Å². The summed E-state index contributed by atoms with van der Waals surface area (Å²) < 4.78 is 1.89. The zero-order chi connectivity index (χ0) is 35.5. The van der Waals surface area contributed by atoms with Crippen LogP contribution in [0.2, 0.25) is 0 Å². The maximum absolute atomic E-state index is 14.6. The van der Waals surface area contributed by atoms with E-state index in [0.717, 1.165) is 67.6 Å². The Labute approximate surface area is 295 Å². The first-order chi connectivity index (χ1) is 24.3. The Morgan fingerprint density at radius 1 is 1.06 bits per heavy atom. The summed E-state index contributed by atoms with van der Waals surface area (Å²) in [5.74, 6) is -0.495. The molecular weight excluding hydrogens is 630 g/mol. The number of aliphatic hydroxyl groups excluding tert-OH is 1. The Morgan fingerprint density at radius 2 is 1.88 bits per heavy atom. The van der Waals surface area contributed by atoms with Gasteiger partial charge in [0.1, 0.15) is 11.7 Å². The van der Waals surface area contributed by atoms with Crippen molar-refractivity contribution in [2.75, 3.05) is 6.54 Å². The number of carbonyl (C=O) groups is 2. The molecule has 0 aromatic carbocycles. The summed E-state index contributed by atoms with van der Waals surface area (Å²) in [6.07, 6.45) is 18.2. The van der Waals surface area contributed by atoms with Gasteiger partial charge in [-0.1, -0.05) is 72.6 Å². The third kappa shape index (κ3) is 9.53. The second-order valence-electron chi connectivity index (χ2n) is 14.3. The number of H-pyrrole nitrogens is 1. The third-order valence-electron chi connectivity index (χ3n) is 10.1. The molecule has 0 aliphatic heterocycles. The van der Waals surface area contributed by atoms with Gasteiger partial charge in [-0.25, -0.2) is 9.97 Å². The molecule has 1 saturated carbocycles. The summed E-state index contributed by atoms with van der Waals surface area (Å²) in [4.78, 5) is 44.4. The van der Waals surface area contributed by atoms with Gasteiger partial charge in [-0.3, -0.25) is 19.0 Å². The number of pyridine rings is 1. The van der Waals surface area contributed by atoms with Crippen molar-refractivity contribution in [3.63, 3.8) is 0 Å². The molecule has 4 aromatic heterocycles. The number of aromatic amines is 1. The second-order valence-corrected chi connectivity index (χ2v) is 14.3. The maximum atomic E-state index is 14.6. The molecule has 4 atom stereocenters. The Balaban J connectivity index is 1.48. The highest BCUT2D eigenvalue weighted by molar-refractivity contribution is 5.84.